The standard InChI is InChI=1S/C17H25NO2/c1-13(2)11-16(12-19)18-17(20)6-4-5-15-9-7-14(3)8-10-15/h4-5,7-10,13,16,19H,6,11-12H2,1-3H3,(H,18,20)/b5-4+. The van der Waals surface area contributed by atoms with Crippen molar-refractivity contribution in [1.29, 1.82) is 0 Å². The van der Waals surface area contributed by atoms with Crippen LogP contribution in [-0.4, -0.2) is 23.7 Å². The Kier molecular flexibility index (Phi) is 7.02. The number of aryl methyl sites for hydroxylation is 1. The van der Waals surface area contributed by atoms with Crippen LogP contribution in [0.15, 0.2) is 30.3 Å². The Morgan fingerprint density at radius 3 is 2.50 bits per heavy atom. The van der Waals surface area contributed by atoms with Crippen LogP contribution in [0.3, 0.4) is 0 Å². The molecule has 0 saturated heterocycles. The second kappa shape index (κ2) is 8.54. The minimum atomic E-state index is -0.143. The number of carbonyl (C=O) groups excluding carboxylic acids is 1. The summed E-state index contributed by atoms with van der Waals surface area (Å²) in [7, 11) is 0. The molecule has 0 bridgehead atoms. The number of hydrogen-bond acceptors (Lipinski definition) is 2. The highest BCUT2D eigenvalue weighted by atomic mass is 16.3. The summed E-state index contributed by atoms with van der Waals surface area (Å²) in [5.74, 6) is 0.406. The number of carbonyl (C=O) groups is 1. The van der Waals surface area contributed by atoms with Crippen molar-refractivity contribution < 1.29 is 9.90 Å². The first-order valence-electron chi connectivity index (χ1n) is 7.14. The van der Waals surface area contributed by atoms with Crippen molar-refractivity contribution in [3.63, 3.8) is 0 Å². The summed E-state index contributed by atoms with van der Waals surface area (Å²) >= 11 is 0. The van der Waals surface area contributed by atoms with E-state index in [0.717, 1.165) is 12.0 Å². The van der Waals surface area contributed by atoms with E-state index in [1.54, 1.807) is 0 Å². The first-order valence-corrected chi connectivity index (χ1v) is 7.14. The van der Waals surface area contributed by atoms with E-state index in [1.165, 1.54) is 5.56 Å². The van der Waals surface area contributed by atoms with Gasteiger partial charge in [0.2, 0.25) is 5.91 Å². The lowest BCUT2D eigenvalue weighted by Gasteiger charge is -2.17. The molecule has 1 rings (SSSR count). The molecule has 0 aromatic heterocycles. The van der Waals surface area contributed by atoms with E-state index in [1.807, 2.05) is 43.3 Å². The fourth-order valence-electron chi connectivity index (χ4n) is 2.01. The molecule has 0 fully saturated rings. The fourth-order valence-corrected chi connectivity index (χ4v) is 2.01. The van der Waals surface area contributed by atoms with Gasteiger partial charge >= 0.3 is 0 Å². The smallest absolute Gasteiger partial charge is 0.224 e. The number of benzene rings is 1. The van der Waals surface area contributed by atoms with Crippen molar-refractivity contribution in [2.75, 3.05) is 6.61 Å². The average molecular weight is 275 g/mol. The molecule has 2 N–H and O–H groups in total. The van der Waals surface area contributed by atoms with Crippen LogP contribution in [0.2, 0.25) is 0 Å². The van der Waals surface area contributed by atoms with Crippen LogP contribution in [0.5, 0.6) is 0 Å². The minimum Gasteiger partial charge on any atom is -0.394 e. The van der Waals surface area contributed by atoms with E-state index in [2.05, 4.69) is 19.2 Å². The monoisotopic (exact) mass is 275 g/mol. The van der Waals surface area contributed by atoms with Crippen LogP contribution in [0, 0.1) is 12.8 Å². The third-order valence-corrected chi connectivity index (χ3v) is 3.03. The molecule has 3 heteroatoms. The number of hydrogen-bond donors (Lipinski definition) is 2. The van der Waals surface area contributed by atoms with Gasteiger partial charge < -0.3 is 10.4 Å². The van der Waals surface area contributed by atoms with Gasteiger partial charge in [-0.3, -0.25) is 4.79 Å². The van der Waals surface area contributed by atoms with Gasteiger partial charge in [0, 0.05) is 6.42 Å². The lowest BCUT2D eigenvalue weighted by Crippen LogP contribution is -2.38. The highest BCUT2D eigenvalue weighted by molar-refractivity contribution is 5.78. The number of amides is 1. The second-order valence-corrected chi connectivity index (χ2v) is 5.59. The van der Waals surface area contributed by atoms with Crippen molar-refractivity contribution >= 4 is 12.0 Å². The summed E-state index contributed by atoms with van der Waals surface area (Å²) < 4.78 is 0. The van der Waals surface area contributed by atoms with Gasteiger partial charge in [-0.1, -0.05) is 55.8 Å². The van der Waals surface area contributed by atoms with Gasteiger partial charge in [0.25, 0.3) is 0 Å². The van der Waals surface area contributed by atoms with Gasteiger partial charge in [-0.2, -0.15) is 0 Å². The number of aliphatic hydroxyl groups is 1. The van der Waals surface area contributed by atoms with Crippen LogP contribution >= 0.6 is 0 Å². The van der Waals surface area contributed by atoms with E-state index in [9.17, 15) is 9.90 Å². The Hall–Kier alpha value is -1.61. The van der Waals surface area contributed by atoms with Gasteiger partial charge in [0.1, 0.15) is 0 Å². The van der Waals surface area contributed by atoms with E-state index in [4.69, 9.17) is 0 Å². The van der Waals surface area contributed by atoms with Crippen LogP contribution in [0.25, 0.3) is 6.08 Å². The summed E-state index contributed by atoms with van der Waals surface area (Å²) in [5.41, 5.74) is 2.31. The summed E-state index contributed by atoms with van der Waals surface area (Å²) in [6.07, 6.45) is 4.92. The zero-order valence-corrected chi connectivity index (χ0v) is 12.6. The van der Waals surface area contributed by atoms with E-state index >= 15 is 0 Å². The van der Waals surface area contributed by atoms with Crippen molar-refractivity contribution in [2.45, 2.75) is 39.7 Å². The SMILES string of the molecule is Cc1ccc(/C=C/CC(=O)NC(CO)CC(C)C)cc1. The maximum absolute atomic E-state index is 11.8. The third kappa shape index (κ3) is 6.53. The highest BCUT2D eigenvalue weighted by Gasteiger charge is 2.11. The zero-order chi connectivity index (χ0) is 15.0. The third-order valence-electron chi connectivity index (χ3n) is 3.03. The molecule has 1 unspecified atom stereocenters. The molecule has 110 valence electrons. The van der Waals surface area contributed by atoms with Gasteiger partial charge in [0.15, 0.2) is 0 Å². The predicted octanol–water partition coefficient (Wildman–Crippen LogP) is 2.92. The Morgan fingerprint density at radius 2 is 1.95 bits per heavy atom. The maximum Gasteiger partial charge on any atom is 0.224 e. The topological polar surface area (TPSA) is 49.3 Å². The molecular weight excluding hydrogens is 250 g/mol. The normalized spacial score (nSPS) is 12.8. The molecule has 1 atom stereocenters. The van der Waals surface area contributed by atoms with Crippen molar-refractivity contribution in [2.24, 2.45) is 5.92 Å². The summed E-state index contributed by atoms with van der Waals surface area (Å²) in [6.45, 7) is 6.19. The van der Waals surface area contributed by atoms with Crippen LogP contribution in [0.1, 0.15) is 37.8 Å². The summed E-state index contributed by atoms with van der Waals surface area (Å²) in [6, 6.07) is 8.00. The lowest BCUT2D eigenvalue weighted by atomic mass is 10.0. The molecule has 0 spiro atoms. The molecule has 0 aliphatic heterocycles. The molecule has 3 nitrogen and oxygen atoms in total. The largest absolute Gasteiger partial charge is 0.394 e. The Labute approximate surface area is 121 Å². The lowest BCUT2D eigenvalue weighted by molar-refractivity contribution is -0.121. The van der Waals surface area contributed by atoms with Crippen LogP contribution in [-0.2, 0) is 4.79 Å². The Morgan fingerprint density at radius 1 is 1.30 bits per heavy atom. The van der Waals surface area contributed by atoms with Crippen LogP contribution < -0.4 is 5.32 Å². The summed E-state index contributed by atoms with van der Waals surface area (Å²) in [5, 5.41) is 12.1. The van der Waals surface area contributed by atoms with Crippen molar-refractivity contribution in [1.82, 2.24) is 5.32 Å². The molecule has 1 aromatic carbocycles. The molecular formula is C17H25NO2. The molecule has 20 heavy (non-hydrogen) atoms. The molecule has 0 aliphatic carbocycles. The van der Waals surface area contributed by atoms with E-state index < -0.39 is 0 Å². The fraction of sp³-hybridized carbons (Fsp3) is 0.471. The highest BCUT2D eigenvalue weighted by Crippen LogP contribution is 2.06. The zero-order valence-electron chi connectivity index (χ0n) is 12.6. The Bertz CT molecular complexity index is 435. The number of nitrogens with one attached hydrogen (secondary N) is 1. The van der Waals surface area contributed by atoms with E-state index in [-0.39, 0.29) is 18.6 Å². The van der Waals surface area contributed by atoms with Gasteiger partial charge in [-0.25, -0.2) is 0 Å². The number of aliphatic hydroxyl groups excluding tert-OH is 1. The number of rotatable bonds is 7. The predicted molar refractivity (Wildman–Crippen MR) is 83.3 cm³/mol. The molecule has 1 aromatic rings. The average Bonchev–Trinajstić information content (AvgIpc) is 2.39. The maximum atomic E-state index is 11.8. The molecule has 1 amide bonds. The van der Waals surface area contributed by atoms with Crippen molar-refractivity contribution in [3.8, 4) is 0 Å². The molecule has 0 heterocycles. The molecule has 0 aliphatic rings. The summed E-state index contributed by atoms with van der Waals surface area (Å²) in [4.78, 5) is 11.8. The second-order valence-electron chi connectivity index (χ2n) is 5.59. The molecule has 0 radical (unpaired) electrons. The quantitative estimate of drug-likeness (QED) is 0.804. The van der Waals surface area contributed by atoms with Gasteiger partial charge in [0.05, 0.1) is 12.6 Å². The van der Waals surface area contributed by atoms with Crippen molar-refractivity contribution in [3.05, 3.63) is 41.5 Å². The van der Waals surface area contributed by atoms with Gasteiger partial charge in [-0.05, 0) is 24.8 Å². The first-order chi connectivity index (χ1) is 9.51. The van der Waals surface area contributed by atoms with Gasteiger partial charge in [-0.15, -0.1) is 0 Å². The molecule has 0 saturated carbocycles. The Balaban J connectivity index is 2.40. The van der Waals surface area contributed by atoms with Crippen LogP contribution in [0.4, 0.5) is 0 Å². The van der Waals surface area contributed by atoms with E-state index in [0.29, 0.717) is 12.3 Å². The first kappa shape index (κ1) is 16.4. The minimum absolute atomic E-state index is 0.00834.